The van der Waals surface area contributed by atoms with Crippen LogP contribution in [0.15, 0.2) is 18.2 Å². The second kappa shape index (κ2) is 5.73. The molecule has 0 aromatic heterocycles. The van der Waals surface area contributed by atoms with Gasteiger partial charge in [-0.2, -0.15) is 0 Å². The summed E-state index contributed by atoms with van der Waals surface area (Å²) in [7, 11) is 1.72. The Labute approximate surface area is 106 Å². The molecular weight excluding hydrogens is 234 g/mol. The zero-order valence-corrected chi connectivity index (χ0v) is 10.4. The molecule has 98 valence electrons. The maximum absolute atomic E-state index is 11.5. The van der Waals surface area contributed by atoms with Gasteiger partial charge in [0.15, 0.2) is 11.5 Å². The molecule has 18 heavy (non-hydrogen) atoms. The Bertz CT molecular complexity index is 433. The molecule has 1 aromatic carbocycles. The van der Waals surface area contributed by atoms with Crippen LogP contribution >= 0.6 is 0 Å². The zero-order valence-electron chi connectivity index (χ0n) is 10.4. The molecule has 1 aliphatic rings. The molecule has 0 atom stereocenters. The van der Waals surface area contributed by atoms with Gasteiger partial charge in [-0.1, -0.05) is 6.07 Å². The first-order valence-corrected chi connectivity index (χ1v) is 5.94. The molecule has 1 amide bonds. The average molecular weight is 251 g/mol. The predicted octanol–water partition coefficient (Wildman–Crippen LogP) is 0.799. The van der Waals surface area contributed by atoms with Crippen molar-refractivity contribution in [3.8, 4) is 11.5 Å². The summed E-state index contributed by atoms with van der Waals surface area (Å²) in [5.74, 6) is 1.39. The Kier molecular flexibility index (Phi) is 4.04. The molecule has 0 unspecified atom stereocenters. The summed E-state index contributed by atoms with van der Waals surface area (Å²) < 4.78 is 10.9. The lowest BCUT2D eigenvalue weighted by Gasteiger charge is -2.21. The van der Waals surface area contributed by atoms with Crippen LogP contribution in [0.1, 0.15) is 12.0 Å². The normalized spacial score (nSPS) is 13.2. The Morgan fingerprint density at radius 1 is 1.33 bits per heavy atom. The molecule has 0 saturated carbocycles. The number of ether oxygens (including phenoxy) is 2. The molecule has 2 rings (SSSR count). The number of amides is 1. The largest absolute Gasteiger partial charge is 0.486 e. The van der Waals surface area contributed by atoms with E-state index in [0.717, 1.165) is 17.1 Å². The van der Waals surface area contributed by atoms with Gasteiger partial charge in [0.2, 0.25) is 5.91 Å². The number of carbonyl (C=O) groups excluding carboxylic acids is 1. The third-order valence-electron chi connectivity index (χ3n) is 2.78. The summed E-state index contributed by atoms with van der Waals surface area (Å²) in [5.41, 5.74) is 0.980. The van der Waals surface area contributed by atoms with Crippen molar-refractivity contribution in [1.82, 2.24) is 4.90 Å². The van der Waals surface area contributed by atoms with Crippen LogP contribution in [0.3, 0.4) is 0 Å². The number of benzene rings is 1. The van der Waals surface area contributed by atoms with Crippen molar-refractivity contribution in [2.75, 3.05) is 26.9 Å². The lowest BCUT2D eigenvalue weighted by Crippen LogP contribution is -2.26. The smallest absolute Gasteiger partial charge is 0.224 e. The molecule has 0 bridgehead atoms. The van der Waals surface area contributed by atoms with E-state index in [2.05, 4.69) is 0 Å². The summed E-state index contributed by atoms with van der Waals surface area (Å²) in [5, 5.41) is 8.73. The van der Waals surface area contributed by atoms with Gasteiger partial charge in [-0.3, -0.25) is 4.79 Å². The number of aliphatic hydroxyl groups is 1. The van der Waals surface area contributed by atoms with Gasteiger partial charge in [0.05, 0.1) is 6.61 Å². The number of rotatable bonds is 4. The van der Waals surface area contributed by atoms with Crippen LogP contribution in [0, 0.1) is 0 Å². The standard InChI is InChI=1S/C13H17NO4/c1-14(13(16)4-5-15)9-10-2-3-11-12(8-10)18-7-6-17-11/h2-3,8,15H,4-7,9H2,1H3. The van der Waals surface area contributed by atoms with Crippen molar-refractivity contribution in [2.45, 2.75) is 13.0 Å². The average Bonchev–Trinajstić information content (AvgIpc) is 2.39. The molecule has 1 aliphatic heterocycles. The Balaban J connectivity index is 2.03. The molecule has 5 heteroatoms. The second-order valence-electron chi connectivity index (χ2n) is 4.20. The number of carbonyl (C=O) groups is 1. The van der Waals surface area contributed by atoms with Crippen LogP contribution in [0.5, 0.6) is 11.5 Å². The van der Waals surface area contributed by atoms with Gasteiger partial charge in [-0.15, -0.1) is 0 Å². The summed E-state index contributed by atoms with van der Waals surface area (Å²) in [6.45, 7) is 1.50. The molecule has 0 fully saturated rings. The van der Waals surface area contributed by atoms with Crippen LogP contribution < -0.4 is 9.47 Å². The summed E-state index contributed by atoms with van der Waals surface area (Å²) in [4.78, 5) is 13.1. The maximum Gasteiger partial charge on any atom is 0.224 e. The minimum absolute atomic E-state index is 0.0765. The summed E-state index contributed by atoms with van der Waals surface area (Å²) in [6.07, 6.45) is 0.154. The fourth-order valence-electron chi connectivity index (χ4n) is 1.83. The van der Waals surface area contributed by atoms with Crippen LogP contribution in [0.4, 0.5) is 0 Å². The molecule has 0 aliphatic carbocycles. The van der Waals surface area contributed by atoms with E-state index in [1.807, 2.05) is 18.2 Å². The number of hydrogen-bond donors (Lipinski definition) is 1. The minimum Gasteiger partial charge on any atom is -0.486 e. The number of hydrogen-bond acceptors (Lipinski definition) is 4. The quantitative estimate of drug-likeness (QED) is 0.860. The molecule has 1 heterocycles. The van der Waals surface area contributed by atoms with Crippen LogP contribution in [-0.4, -0.2) is 42.8 Å². The van der Waals surface area contributed by atoms with E-state index in [9.17, 15) is 4.79 Å². The van der Waals surface area contributed by atoms with Gasteiger partial charge < -0.3 is 19.5 Å². The molecule has 5 nitrogen and oxygen atoms in total. The van der Waals surface area contributed by atoms with Crippen LogP contribution in [0.25, 0.3) is 0 Å². The topological polar surface area (TPSA) is 59.0 Å². The highest BCUT2D eigenvalue weighted by atomic mass is 16.6. The SMILES string of the molecule is CN(Cc1ccc2c(c1)OCCO2)C(=O)CCO. The maximum atomic E-state index is 11.5. The monoisotopic (exact) mass is 251 g/mol. The van der Waals surface area contributed by atoms with Crippen LogP contribution in [-0.2, 0) is 11.3 Å². The minimum atomic E-state index is -0.121. The van der Waals surface area contributed by atoms with E-state index in [1.165, 1.54) is 0 Å². The summed E-state index contributed by atoms with van der Waals surface area (Å²) >= 11 is 0. The first-order valence-electron chi connectivity index (χ1n) is 5.94. The van der Waals surface area contributed by atoms with Crippen molar-refractivity contribution >= 4 is 5.91 Å². The van der Waals surface area contributed by atoms with Crippen molar-refractivity contribution in [1.29, 1.82) is 0 Å². The van der Waals surface area contributed by atoms with E-state index < -0.39 is 0 Å². The Hall–Kier alpha value is -1.75. The van der Waals surface area contributed by atoms with E-state index in [-0.39, 0.29) is 18.9 Å². The van der Waals surface area contributed by atoms with E-state index >= 15 is 0 Å². The van der Waals surface area contributed by atoms with Crippen molar-refractivity contribution < 1.29 is 19.4 Å². The first-order chi connectivity index (χ1) is 8.70. The zero-order chi connectivity index (χ0) is 13.0. The molecule has 0 saturated heterocycles. The highest BCUT2D eigenvalue weighted by Gasteiger charge is 2.13. The van der Waals surface area contributed by atoms with E-state index in [1.54, 1.807) is 11.9 Å². The van der Waals surface area contributed by atoms with Gasteiger partial charge in [0, 0.05) is 20.0 Å². The van der Waals surface area contributed by atoms with Crippen molar-refractivity contribution in [3.05, 3.63) is 23.8 Å². The fourth-order valence-corrected chi connectivity index (χ4v) is 1.83. The van der Waals surface area contributed by atoms with Gasteiger partial charge in [-0.05, 0) is 17.7 Å². The number of nitrogens with zero attached hydrogens (tertiary/aromatic N) is 1. The van der Waals surface area contributed by atoms with Crippen molar-refractivity contribution in [2.24, 2.45) is 0 Å². The van der Waals surface area contributed by atoms with E-state index in [0.29, 0.717) is 19.8 Å². The number of fused-ring (bicyclic) bond motifs is 1. The van der Waals surface area contributed by atoms with Gasteiger partial charge >= 0.3 is 0 Å². The number of aliphatic hydroxyl groups excluding tert-OH is 1. The highest BCUT2D eigenvalue weighted by Crippen LogP contribution is 2.30. The molecule has 1 N–H and O–H groups in total. The Morgan fingerprint density at radius 2 is 2.06 bits per heavy atom. The predicted molar refractivity (Wildman–Crippen MR) is 65.6 cm³/mol. The van der Waals surface area contributed by atoms with Gasteiger partial charge in [-0.25, -0.2) is 0 Å². The highest BCUT2D eigenvalue weighted by molar-refractivity contribution is 5.75. The Morgan fingerprint density at radius 3 is 2.78 bits per heavy atom. The third kappa shape index (κ3) is 2.92. The molecule has 1 aromatic rings. The first kappa shape index (κ1) is 12.7. The van der Waals surface area contributed by atoms with E-state index in [4.69, 9.17) is 14.6 Å². The second-order valence-corrected chi connectivity index (χ2v) is 4.20. The molecule has 0 radical (unpaired) electrons. The lowest BCUT2D eigenvalue weighted by molar-refractivity contribution is -0.131. The fraction of sp³-hybridized carbons (Fsp3) is 0.462. The molecule has 0 spiro atoms. The lowest BCUT2D eigenvalue weighted by atomic mass is 10.2. The van der Waals surface area contributed by atoms with Gasteiger partial charge in [0.1, 0.15) is 13.2 Å². The summed E-state index contributed by atoms with van der Waals surface area (Å²) in [6, 6.07) is 5.65. The molecular formula is C13H17NO4. The van der Waals surface area contributed by atoms with Crippen LogP contribution in [0.2, 0.25) is 0 Å². The van der Waals surface area contributed by atoms with Gasteiger partial charge in [0.25, 0.3) is 0 Å². The third-order valence-corrected chi connectivity index (χ3v) is 2.78. The van der Waals surface area contributed by atoms with Crippen molar-refractivity contribution in [3.63, 3.8) is 0 Å².